The highest BCUT2D eigenvalue weighted by atomic mass is 31.2. The Bertz CT molecular complexity index is 1800. The van der Waals surface area contributed by atoms with E-state index in [0.717, 1.165) is 23.5 Å². The summed E-state index contributed by atoms with van der Waals surface area (Å²) < 4.78 is 53.4. The molecular formula is C20H25N9O13P2. The van der Waals surface area contributed by atoms with Crippen LogP contribution in [-0.2, 0) is 32.4 Å². The first-order valence-corrected chi connectivity index (χ1v) is 15.6. The number of ether oxygens (including phenoxy) is 3. The summed E-state index contributed by atoms with van der Waals surface area (Å²) in [6.07, 6.45) is -8.81. The number of H-pyrrole nitrogens is 1. The highest BCUT2D eigenvalue weighted by Crippen LogP contribution is 2.49. The molecule has 2 unspecified atom stereocenters. The van der Waals surface area contributed by atoms with E-state index in [1.807, 2.05) is 0 Å². The Hall–Kier alpha value is -3.24. The molecule has 24 heteroatoms. The molecule has 4 aromatic rings. The lowest BCUT2D eigenvalue weighted by Gasteiger charge is -2.25. The van der Waals surface area contributed by atoms with Crippen molar-refractivity contribution in [1.29, 1.82) is 0 Å². The first-order valence-electron chi connectivity index (χ1n) is 12.6. The zero-order valence-electron chi connectivity index (χ0n) is 22.0. The number of aromatic nitrogens is 8. The van der Waals surface area contributed by atoms with Gasteiger partial charge in [0.15, 0.2) is 47.7 Å². The molecule has 10 atom stereocenters. The quantitative estimate of drug-likeness (QED) is 0.0851. The second-order valence-electron chi connectivity index (χ2n) is 9.65. The number of hydrogen-bond acceptors (Lipinski definition) is 17. The van der Waals surface area contributed by atoms with Crippen molar-refractivity contribution in [3.8, 4) is 0 Å². The molecule has 0 saturated carbocycles. The fourth-order valence-electron chi connectivity index (χ4n) is 4.84. The number of aliphatic hydroxyl groups excluding tert-OH is 3. The number of anilines is 1. The minimum Gasteiger partial charge on any atom is -0.387 e. The van der Waals surface area contributed by atoms with Crippen molar-refractivity contribution in [3.05, 3.63) is 35.7 Å². The summed E-state index contributed by atoms with van der Waals surface area (Å²) in [4.78, 5) is 54.1. The molecule has 6 rings (SSSR count). The van der Waals surface area contributed by atoms with E-state index < -0.39 is 83.6 Å². The Morgan fingerprint density at radius 3 is 2.45 bits per heavy atom. The van der Waals surface area contributed by atoms with Gasteiger partial charge in [0, 0.05) is 0 Å². The summed E-state index contributed by atoms with van der Waals surface area (Å²) >= 11 is 0. The Labute approximate surface area is 244 Å². The molecule has 8 N–H and O–H groups in total. The third-order valence-electron chi connectivity index (χ3n) is 6.87. The lowest BCUT2D eigenvalue weighted by molar-refractivity contribution is -0.168. The third kappa shape index (κ3) is 5.67. The molecule has 238 valence electrons. The molecule has 2 saturated heterocycles. The van der Waals surface area contributed by atoms with Crippen molar-refractivity contribution in [2.75, 3.05) is 18.7 Å². The Morgan fingerprint density at radius 2 is 1.70 bits per heavy atom. The van der Waals surface area contributed by atoms with Gasteiger partial charge in [-0.05, 0) is 0 Å². The summed E-state index contributed by atoms with van der Waals surface area (Å²) in [6, 6.07) is 0. The van der Waals surface area contributed by atoms with Gasteiger partial charge in [-0.1, -0.05) is 0 Å². The van der Waals surface area contributed by atoms with Crippen molar-refractivity contribution in [2.45, 2.75) is 49.3 Å². The molecule has 6 heterocycles. The van der Waals surface area contributed by atoms with E-state index in [9.17, 15) is 34.1 Å². The van der Waals surface area contributed by atoms with Gasteiger partial charge in [-0.25, -0.2) is 24.9 Å². The molecule has 22 nitrogen and oxygen atoms in total. The molecule has 2 aliphatic rings. The molecule has 4 aromatic heterocycles. The van der Waals surface area contributed by atoms with E-state index >= 15 is 0 Å². The highest BCUT2D eigenvalue weighted by molar-refractivity contribution is 7.52. The molecule has 2 aliphatic heterocycles. The van der Waals surface area contributed by atoms with Crippen LogP contribution < -0.4 is 11.3 Å². The number of hydrogen-bond donors (Lipinski definition) is 7. The van der Waals surface area contributed by atoms with Gasteiger partial charge in [0.1, 0.15) is 42.4 Å². The zero-order valence-corrected chi connectivity index (χ0v) is 23.9. The van der Waals surface area contributed by atoms with Gasteiger partial charge in [0.2, 0.25) is 0 Å². The summed E-state index contributed by atoms with van der Waals surface area (Å²) in [6.45, 7) is -0.598. The average Bonchev–Trinajstić information content (AvgIpc) is 3.73. The average molecular weight is 661 g/mol. The molecule has 0 bridgehead atoms. The van der Waals surface area contributed by atoms with Crippen LogP contribution in [0.25, 0.3) is 22.3 Å². The summed E-state index contributed by atoms with van der Waals surface area (Å²) in [5, 5.41) is 32.0. The number of aliphatic hydroxyl groups is 3. The van der Waals surface area contributed by atoms with E-state index in [1.165, 1.54) is 10.9 Å². The van der Waals surface area contributed by atoms with E-state index in [2.05, 4.69) is 34.4 Å². The standard InChI is InChI=1S/C20H25N9O13P2/c21-14-8-15(23-2-22-14)28(4-26-8)18-11(31)12(32)20(41-18)38-6-44(36,37)42-13-10(30)7(1-39-43(34)35)40-19(13)29-5-27-9-16(29)24-3-25-17(9)33/h2-5,7,10-13,18-20,30-32,43H,1,6H2,(H,34,35)(H,36,37)(H2,21,22,23)(H,24,25,33)/t7-,10+,11+,12-,13+,18-,19-,20+/m1/s1. The lowest BCUT2D eigenvalue weighted by atomic mass is 10.1. The normalized spacial score (nSPS) is 31.1. The molecule has 0 aliphatic carbocycles. The van der Waals surface area contributed by atoms with Crippen LogP contribution in [0, 0.1) is 0 Å². The smallest absolute Gasteiger partial charge is 0.354 e. The number of fused-ring (bicyclic) bond motifs is 2. The molecule has 0 amide bonds. The Balaban J connectivity index is 1.19. The van der Waals surface area contributed by atoms with Crippen molar-refractivity contribution >= 4 is 44.0 Å². The maximum atomic E-state index is 13.2. The van der Waals surface area contributed by atoms with Crippen LogP contribution in [0.5, 0.6) is 0 Å². The Kier molecular flexibility index (Phi) is 8.34. The summed E-state index contributed by atoms with van der Waals surface area (Å²) in [7, 11) is -8.27. The molecular weight excluding hydrogens is 636 g/mol. The van der Waals surface area contributed by atoms with E-state index in [1.54, 1.807) is 0 Å². The number of nitrogens with one attached hydrogen (secondary N) is 1. The number of imidazole rings is 2. The van der Waals surface area contributed by atoms with Crippen molar-refractivity contribution in [2.24, 2.45) is 0 Å². The second kappa shape index (κ2) is 11.9. The van der Waals surface area contributed by atoms with Crippen molar-refractivity contribution in [3.63, 3.8) is 0 Å². The van der Waals surface area contributed by atoms with E-state index in [0.29, 0.717) is 0 Å². The van der Waals surface area contributed by atoms with Gasteiger partial charge in [-0.3, -0.25) is 27.6 Å². The van der Waals surface area contributed by atoms with Crippen LogP contribution in [0.3, 0.4) is 0 Å². The number of rotatable bonds is 10. The maximum Gasteiger partial charge on any atom is 0.354 e. The maximum absolute atomic E-state index is 13.2. The molecule has 0 spiro atoms. The summed E-state index contributed by atoms with van der Waals surface area (Å²) in [5.41, 5.74) is 5.44. The molecule has 0 radical (unpaired) electrons. The van der Waals surface area contributed by atoms with Gasteiger partial charge in [0.25, 0.3) is 5.56 Å². The number of nitrogens with zero attached hydrogens (tertiary/aromatic N) is 7. The van der Waals surface area contributed by atoms with E-state index in [4.69, 9.17) is 29.4 Å². The number of nitrogen functional groups attached to an aromatic ring is 1. The first-order chi connectivity index (χ1) is 20.9. The molecule has 0 aromatic carbocycles. The molecule has 44 heavy (non-hydrogen) atoms. The van der Waals surface area contributed by atoms with Gasteiger partial charge in [-0.2, -0.15) is 0 Å². The molecule has 2 fully saturated rings. The summed E-state index contributed by atoms with van der Waals surface area (Å²) in [5.74, 6) is 0.0649. The van der Waals surface area contributed by atoms with Crippen molar-refractivity contribution < 1.29 is 57.5 Å². The van der Waals surface area contributed by atoms with Crippen LogP contribution in [0.2, 0.25) is 0 Å². The second-order valence-corrected chi connectivity index (χ2v) is 12.2. The lowest BCUT2D eigenvalue weighted by Crippen LogP contribution is -2.36. The minimum atomic E-state index is -4.84. The fraction of sp³-hybridized carbons (Fsp3) is 0.500. The van der Waals surface area contributed by atoms with Crippen LogP contribution in [0.4, 0.5) is 5.82 Å². The Morgan fingerprint density at radius 1 is 1.00 bits per heavy atom. The SMILES string of the molecule is Nc1ncnc2c1ncn2[C@@H]1O[C@H](OCP(=O)(O)O[C@H]2[C@@H](O)[C@@H](CO[PH](=O)O)O[C@H]2n2cnc3c(=O)[nH]cnc32)[C@H](O)[C@@H]1O. The van der Waals surface area contributed by atoms with Crippen LogP contribution >= 0.6 is 15.9 Å². The topological polar surface area (TPSA) is 315 Å². The highest BCUT2D eigenvalue weighted by Gasteiger charge is 2.50. The van der Waals surface area contributed by atoms with Crippen LogP contribution in [0.1, 0.15) is 12.5 Å². The minimum absolute atomic E-state index is 0.0255. The van der Waals surface area contributed by atoms with Gasteiger partial charge >= 0.3 is 15.9 Å². The first kappa shape index (κ1) is 30.8. The predicted molar refractivity (Wildman–Crippen MR) is 142 cm³/mol. The third-order valence-corrected chi connectivity index (χ3v) is 8.33. The monoisotopic (exact) mass is 661 g/mol. The fourth-order valence-corrected chi connectivity index (χ4v) is 6.15. The largest absolute Gasteiger partial charge is 0.387 e. The van der Waals surface area contributed by atoms with Gasteiger partial charge in [0.05, 0.1) is 25.6 Å². The van der Waals surface area contributed by atoms with Crippen LogP contribution in [-0.4, -0.2) is 114 Å². The number of aromatic amines is 1. The van der Waals surface area contributed by atoms with Gasteiger partial charge < -0.3 is 54.6 Å². The van der Waals surface area contributed by atoms with E-state index in [-0.39, 0.29) is 28.1 Å². The van der Waals surface area contributed by atoms with Crippen LogP contribution in [0.15, 0.2) is 30.1 Å². The van der Waals surface area contributed by atoms with Crippen molar-refractivity contribution in [1.82, 2.24) is 39.0 Å². The van der Waals surface area contributed by atoms with Gasteiger partial charge in [-0.15, -0.1) is 0 Å². The predicted octanol–water partition coefficient (Wildman–Crippen LogP) is -2.68. The number of nitrogens with two attached hydrogens (primary N) is 1. The zero-order chi connectivity index (χ0) is 31.3.